The maximum atomic E-state index is 13.5. The Labute approximate surface area is 201 Å². The Morgan fingerprint density at radius 2 is 2.00 bits per heavy atom. The summed E-state index contributed by atoms with van der Waals surface area (Å²) in [5, 5.41) is 7.63. The number of piperazine rings is 1. The molecule has 1 N–H and O–H groups in total. The van der Waals surface area contributed by atoms with Gasteiger partial charge in [-0.25, -0.2) is 27.2 Å². The Bertz CT molecular complexity index is 1240. The van der Waals surface area contributed by atoms with Crippen LogP contribution in [0.4, 0.5) is 0 Å². The number of sulfonamides is 2. The van der Waals surface area contributed by atoms with Crippen LogP contribution in [0.1, 0.15) is 25.2 Å². The number of rotatable bonds is 7. The number of aromatic nitrogens is 2. The van der Waals surface area contributed by atoms with Crippen LogP contribution >= 0.6 is 11.3 Å². The molecule has 2 aliphatic heterocycles. The number of nitrogens with zero attached hydrogens (tertiary/aromatic N) is 4. The zero-order chi connectivity index (χ0) is 24.5. The predicted octanol–water partition coefficient (Wildman–Crippen LogP) is 0.315. The number of ether oxygens (including phenoxy) is 1. The number of hydrogen-bond donors (Lipinski definition) is 1. The lowest BCUT2D eigenvalue weighted by molar-refractivity contribution is -0.202. The lowest BCUT2D eigenvalue weighted by Crippen LogP contribution is -2.61. The first-order valence-electron chi connectivity index (χ1n) is 10.5. The first-order valence-corrected chi connectivity index (χ1v) is 14.6. The molecule has 34 heavy (non-hydrogen) atoms. The second-order valence-corrected chi connectivity index (χ2v) is 13.1. The zero-order valence-corrected chi connectivity index (χ0v) is 21.0. The average molecular weight is 536 g/mol. The van der Waals surface area contributed by atoms with Crippen molar-refractivity contribution in [3.05, 3.63) is 18.0 Å². The highest BCUT2D eigenvalue weighted by Crippen LogP contribution is 2.33. The van der Waals surface area contributed by atoms with Crippen LogP contribution in [0.25, 0.3) is 10.8 Å². The highest BCUT2D eigenvalue weighted by Gasteiger charge is 2.43. The first-order chi connectivity index (χ1) is 16.1. The van der Waals surface area contributed by atoms with Crippen molar-refractivity contribution in [2.45, 2.75) is 42.7 Å². The third kappa shape index (κ3) is 5.48. The Kier molecular flexibility index (Phi) is 7.37. The van der Waals surface area contributed by atoms with Gasteiger partial charge >= 0.3 is 0 Å². The Morgan fingerprint density at radius 1 is 1.21 bits per heavy atom. The minimum Gasteiger partial charge on any atom is -0.420 e. The van der Waals surface area contributed by atoms with Crippen LogP contribution in [0.2, 0.25) is 0 Å². The van der Waals surface area contributed by atoms with Gasteiger partial charge in [0.1, 0.15) is 10.3 Å². The number of aryl methyl sites for hydroxylation is 1. The topological polar surface area (TPSA) is 161 Å². The molecular weight excluding hydrogens is 510 g/mol. The van der Waals surface area contributed by atoms with Crippen molar-refractivity contribution in [1.82, 2.24) is 24.3 Å². The summed E-state index contributed by atoms with van der Waals surface area (Å²) in [5.41, 5.74) is 2.26. The van der Waals surface area contributed by atoms with Crippen molar-refractivity contribution in [3.8, 4) is 10.8 Å². The van der Waals surface area contributed by atoms with Crippen molar-refractivity contribution in [2.24, 2.45) is 0 Å². The first kappa shape index (κ1) is 25.2. The fraction of sp³-hybridized carbons (Fsp3) is 0.611. The van der Waals surface area contributed by atoms with E-state index in [4.69, 9.17) is 14.0 Å². The monoisotopic (exact) mass is 535 g/mol. The van der Waals surface area contributed by atoms with E-state index in [0.29, 0.717) is 23.8 Å². The third-order valence-electron chi connectivity index (χ3n) is 5.38. The minimum absolute atomic E-state index is 0.0412. The van der Waals surface area contributed by atoms with E-state index in [1.165, 1.54) is 12.1 Å². The minimum atomic E-state index is -4.16. The molecule has 0 bridgehead atoms. The van der Waals surface area contributed by atoms with Gasteiger partial charge in [0, 0.05) is 39.6 Å². The number of amides is 1. The third-order valence-corrected chi connectivity index (χ3v) is 10.1. The fourth-order valence-corrected chi connectivity index (χ4v) is 7.38. The zero-order valence-electron chi connectivity index (χ0n) is 18.5. The predicted molar refractivity (Wildman–Crippen MR) is 119 cm³/mol. The van der Waals surface area contributed by atoms with Crippen molar-refractivity contribution >= 4 is 37.3 Å². The van der Waals surface area contributed by atoms with Crippen LogP contribution in [-0.4, -0.2) is 86.4 Å². The second-order valence-electron chi connectivity index (χ2n) is 7.88. The number of thiophene rings is 1. The molecule has 188 valence electrons. The SMILES string of the molecule is Cc1nnc(-c2ccc(S(=O)(=O)N3CCN(S(C)(=O)=O)CC3C(=O)NOC3CCCCO3)s2)o1. The fourth-order valence-electron chi connectivity index (χ4n) is 3.63. The van der Waals surface area contributed by atoms with E-state index in [9.17, 15) is 21.6 Å². The molecule has 0 spiro atoms. The van der Waals surface area contributed by atoms with E-state index >= 15 is 0 Å². The highest BCUT2D eigenvalue weighted by molar-refractivity contribution is 7.91. The molecule has 2 saturated heterocycles. The molecular formula is C18H25N5O8S3. The van der Waals surface area contributed by atoms with Gasteiger partial charge in [-0.15, -0.1) is 21.5 Å². The number of nitrogens with one attached hydrogen (secondary N) is 1. The van der Waals surface area contributed by atoms with Crippen LogP contribution in [0.15, 0.2) is 20.8 Å². The van der Waals surface area contributed by atoms with Crippen LogP contribution in [-0.2, 0) is 34.4 Å². The summed E-state index contributed by atoms with van der Waals surface area (Å²) in [6, 6.07) is 1.59. The largest absolute Gasteiger partial charge is 0.420 e. The summed E-state index contributed by atoms with van der Waals surface area (Å²) in [5.74, 6) is -0.264. The van der Waals surface area contributed by atoms with Gasteiger partial charge < -0.3 is 9.15 Å². The summed E-state index contributed by atoms with van der Waals surface area (Å²) in [6.07, 6.45) is 2.70. The second kappa shape index (κ2) is 9.96. The standard InChI is InChI=1S/C18H25N5O8S3/c1-12-19-20-18(30-12)14-6-7-16(32-14)34(27,28)23-9-8-22(33(2,25)26)11-13(23)17(24)21-31-15-5-3-4-10-29-15/h6-7,13,15H,3-5,8-11H2,1-2H3,(H,21,24). The quantitative estimate of drug-likeness (QED) is 0.489. The van der Waals surface area contributed by atoms with Gasteiger partial charge in [-0.1, -0.05) is 0 Å². The van der Waals surface area contributed by atoms with E-state index in [1.54, 1.807) is 6.92 Å². The smallest absolute Gasteiger partial charge is 0.263 e. The maximum Gasteiger partial charge on any atom is 0.263 e. The molecule has 0 aromatic carbocycles. The molecule has 4 rings (SSSR count). The van der Waals surface area contributed by atoms with Crippen LogP contribution < -0.4 is 5.48 Å². The molecule has 16 heteroatoms. The molecule has 13 nitrogen and oxygen atoms in total. The van der Waals surface area contributed by atoms with E-state index in [-0.39, 0.29) is 29.7 Å². The summed E-state index contributed by atoms with van der Waals surface area (Å²) < 4.78 is 63.9. The Hall–Kier alpha value is -1.95. The normalized spacial score (nSPS) is 23.1. The van der Waals surface area contributed by atoms with Crippen molar-refractivity contribution < 1.29 is 35.6 Å². The average Bonchev–Trinajstić information content (AvgIpc) is 3.47. The number of hydrogen-bond acceptors (Lipinski definition) is 11. The summed E-state index contributed by atoms with van der Waals surface area (Å²) in [4.78, 5) is 18.7. The van der Waals surface area contributed by atoms with E-state index in [2.05, 4.69) is 15.7 Å². The van der Waals surface area contributed by atoms with Crippen LogP contribution in [0, 0.1) is 6.92 Å². The van der Waals surface area contributed by atoms with Gasteiger partial charge in [-0.3, -0.25) is 4.79 Å². The molecule has 2 aliphatic rings. The van der Waals surface area contributed by atoms with Gasteiger partial charge in [-0.2, -0.15) is 8.61 Å². The van der Waals surface area contributed by atoms with Crippen LogP contribution in [0.5, 0.6) is 0 Å². The molecule has 0 aliphatic carbocycles. The van der Waals surface area contributed by atoms with Gasteiger partial charge in [0.2, 0.25) is 15.9 Å². The number of carbonyl (C=O) groups is 1. The molecule has 2 fully saturated rings. The van der Waals surface area contributed by atoms with Crippen molar-refractivity contribution in [1.29, 1.82) is 0 Å². The molecule has 0 radical (unpaired) electrons. The van der Waals surface area contributed by atoms with Crippen molar-refractivity contribution in [2.75, 3.05) is 32.5 Å². The summed E-state index contributed by atoms with van der Waals surface area (Å²) >= 11 is 0.915. The molecule has 2 unspecified atom stereocenters. The summed E-state index contributed by atoms with van der Waals surface area (Å²) in [6.45, 7) is 1.47. The molecule has 1 amide bonds. The van der Waals surface area contributed by atoms with Crippen LogP contribution in [0.3, 0.4) is 0 Å². The van der Waals surface area contributed by atoms with Gasteiger partial charge in [0.15, 0.2) is 6.29 Å². The van der Waals surface area contributed by atoms with E-state index in [1.807, 2.05) is 0 Å². The van der Waals surface area contributed by atoms with E-state index in [0.717, 1.165) is 39.0 Å². The van der Waals surface area contributed by atoms with E-state index < -0.39 is 38.3 Å². The number of hydroxylamine groups is 1. The van der Waals surface area contributed by atoms with Gasteiger partial charge in [0.05, 0.1) is 11.1 Å². The Morgan fingerprint density at radius 3 is 2.65 bits per heavy atom. The lowest BCUT2D eigenvalue weighted by Gasteiger charge is -2.38. The molecule has 2 aromatic heterocycles. The van der Waals surface area contributed by atoms with Crippen molar-refractivity contribution in [3.63, 3.8) is 0 Å². The number of carbonyl (C=O) groups excluding carboxylic acids is 1. The maximum absolute atomic E-state index is 13.5. The Balaban J connectivity index is 1.56. The van der Waals surface area contributed by atoms with Gasteiger partial charge in [-0.05, 0) is 25.0 Å². The highest BCUT2D eigenvalue weighted by atomic mass is 32.2. The lowest BCUT2D eigenvalue weighted by atomic mass is 10.2. The summed E-state index contributed by atoms with van der Waals surface area (Å²) in [7, 11) is -7.81. The molecule has 4 heterocycles. The molecule has 2 aromatic rings. The molecule has 0 saturated carbocycles. The van der Waals surface area contributed by atoms with Gasteiger partial charge in [0.25, 0.3) is 21.8 Å². The molecule has 2 atom stereocenters.